The fourth-order valence-corrected chi connectivity index (χ4v) is 7.84. The molecule has 10 aromatic rings. The molecule has 294 valence electrons. The summed E-state index contributed by atoms with van der Waals surface area (Å²) in [7, 11) is 0. The summed E-state index contributed by atoms with van der Waals surface area (Å²) in [4.78, 5) is 19.2. The van der Waals surface area contributed by atoms with Gasteiger partial charge in [0.2, 0.25) is 0 Å². The van der Waals surface area contributed by atoms with Gasteiger partial charge in [-0.2, -0.15) is 0 Å². The molecule has 4 aromatic heterocycles. The zero-order chi connectivity index (χ0) is 41.8. The van der Waals surface area contributed by atoms with Gasteiger partial charge in [0.05, 0.1) is 22.8 Å². The molecule has 0 atom stereocenters. The van der Waals surface area contributed by atoms with Gasteiger partial charge in [0.25, 0.3) is 0 Å². The summed E-state index contributed by atoms with van der Waals surface area (Å²) in [6.45, 7) is 4.18. The Morgan fingerprint density at radius 2 is 0.597 bits per heavy atom. The highest BCUT2D eigenvalue weighted by Gasteiger charge is 2.10. The number of hydrogen-bond donors (Lipinski definition) is 0. The Morgan fingerprint density at radius 1 is 0.290 bits per heavy atom. The van der Waals surface area contributed by atoms with Crippen LogP contribution in [0.4, 0.5) is 0 Å². The highest BCUT2D eigenvalue weighted by Crippen LogP contribution is 2.34. The number of rotatable bonds is 9. The lowest BCUT2D eigenvalue weighted by Gasteiger charge is -2.15. The molecule has 0 bridgehead atoms. The van der Waals surface area contributed by atoms with Crippen LogP contribution in [-0.2, 0) is 0 Å². The standard InChI is InChI=1S/C58H40N4/c1-39-9-7-11-49(33-39)55-35-51(37-57(61-55)53-13-3-5-31-59-53)47-27-23-45(24-28-47)43-19-15-41(16-20-43)42-17-21-44(22-18-42)46-25-29-48(30-26-46)52-36-56(50-12-8-10-40(2)34-50)62-58(38-52)54-14-4-6-32-60-54/h3-10,13-38H,1-2H3/q-2. The third kappa shape index (κ3) is 8.23. The molecule has 0 fully saturated rings. The van der Waals surface area contributed by atoms with Crippen LogP contribution in [0.25, 0.3) is 101 Å². The molecule has 0 saturated carbocycles. The van der Waals surface area contributed by atoms with E-state index in [1.165, 1.54) is 33.4 Å². The van der Waals surface area contributed by atoms with Gasteiger partial charge in [-0.3, -0.25) is 19.9 Å². The molecule has 0 aliphatic carbocycles. The number of nitrogens with zero attached hydrogens (tertiary/aromatic N) is 4. The molecular formula is C58H40N4-2. The Hall–Kier alpha value is -8.08. The summed E-state index contributed by atoms with van der Waals surface area (Å²) in [5, 5.41) is 0. The molecule has 0 spiro atoms. The molecular weight excluding hydrogens is 753 g/mol. The number of aromatic nitrogens is 4. The van der Waals surface area contributed by atoms with Gasteiger partial charge in [0, 0.05) is 12.4 Å². The summed E-state index contributed by atoms with van der Waals surface area (Å²) in [6.07, 6.45) is 3.62. The van der Waals surface area contributed by atoms with Crippen LogP contribution in [0.15, 0.2) is 207 Å². The lowest BCUT2D eigenvalue weighted by molar-refractivity contribution is 1.25. The Labute approximate surface area is 363 Å². The fourth-order valence-electron chi connectivity index (χ4n) is 7.84. The SMILES string of the molecule is Cc1cc[c-]c(-c2cc(-c3ccc(-c4ccc(-c5ccc(-c6ccc(-c7cc(-c8[c-]ccc(C)c8)nc(-c8ccccn8)c7)cc6)cc5)cc4)cc3)cc(-c3ccccn3)n2)c1. The molecule has 0 unspecified atom stereocenters. The highest BCUT2D eigenvalue weighted by molar-refractivity contribution is 5.80. The predicted octanol–water partition coefficient (Wildman–Crippen LogP) is 14.5. The fraction of sp³-hybridized carbons (Fsp3) is 0.0345. The van der Waals surface area contributed by atoms with Gasteiger partial charge in [-0.25, -0.2) is 0 Å². The molecule has 4 nitrogen and oxygen atoms in total. The molecule has 0 aliphatic rings. The summed E-state index contributed by atoms with van der Waals surface area (Å²) in [5.74, 6) is 0. The molecule has 6 aromatic carbocycles. The molecule has 0 N–H and O–H groups in total. The van der Waals surface area contributed by atoms with E-state index in [2.05, 4.69) is 182 Å². The number of aryl methyl sites for hydroxylation is 2. The normalized spacial score (nSPS) is 11.1. The van der Waals surface area contributed by atoms with Crippen molar-refractivity contribution in [2.75, 3.05) is 0 Å². The van der Waals surface area contributed by atoms with E-state index in [0.717, 1.165) is 78.7 Å². The lowest BCUT2D eigenvalue weighted by atomic mass is 9.95. The second-order valence-electron chi connectivity index (χ2n) is 15.6. The van der Waals surface area contributed by atoms with E-state index >= 15 is 0 Å². The van der Waals surface area contributed by atoms with Gasteiger partial charge in [-0.15, -0.1) is 70.8 Å². The summed E-state index contributed by atoms with van der Waals surface area (Å²) < 4.78 is 0. The van der Waals surface area contributed by atoms with E-state index in [9.17, 15) is 0 Å². The third-order valence-electron chi connectivity index (χ3n) is 11.2. The van der Waals surface area contributed by atoms with Crippen molar-refractivity contribution in [1.82, 2.24) is 19.9 Å². The maximum Gasteiger partial charge on any atom is 0.0876 e. The molecule has 10 rings (SSSR count). The van der Waals surface area contributed by atoms with Crippen molar-refractivity contribution in [1.29, 1.82) is 0 Å². The van der Waals surface area contributed by atoms with Gasteiger partial charge in [-0.1, -0.05) is 135 Å². The minimum absolute atomic E-state index is 0.836. The van der Waals surface area contributed by atoms with Crippen LogP contribution in [0.1, 0.15) is 11.1 Å². The molecule has 62 heavy (non-hydrogen) atoms. The topological polar surface area (TPSA) is 51.6 Å². The minimum Gasteiger partial charge on any atom is -0.295 e. The zero-order valence-electron chi connectivity index (χ0n) is 34.4. The van der Waals surface area contributed by atoms with E-state index in [-0.39, 0.29) is 0 Å². The van der Waals surface area contributed by atoms with Crippen LogP contribution in [0.3, 0.4) is 0 Å². The molecule has 4 heterocycles. The lowest BCUT2D eigenvalue weighted by Crippen LogP contribution is -1.93. The average molecular weight is 793 g/mol. The molecule has 0 amide bonds. The van der Waals surface area contributed by atoms with Gasteiger partial charge >= 0.3 is 0 Å². The second kappa shape index (κ2) is 16.9. The highest BCUT2D eigenvalue weighted by atomic mass is 14.8. The first-order valence-corrected chi connectivity index (χ1v) is 20.8. The monoisotopic (exact) mass is 792 g/mol. The van der Waals surface area contributed by atoms with E-state index in [0.29, 0.717) is 0 Å². The summed E-state index contributed by atoms with van der Waals surface area (Å²) >= 11 is 0. The van der Waals surface area contributed by atoms with Crippen LogP contribution in [0, 0.1) is 26.0 Å². The Bertz CT molecular complexity index is 2920. The minimum atomic E-state index is 0.836. The largest absolute Gasteiger partial charge is 0.295 e. The van der Waals surface area contributed by atoms with Crippen LogP contribution < -0.4 is 0 Å². The first-order valence-electron chi connectivity index (χ1n) is 20.8. The number of hydrogen-bond acceptors (Lipinski definition) is 4. The van der Waals surface area contributed by atoms with Crippen LogP contribution >= 0.6 is 0 Å². The van der Waals surface area contributed by atoms with Crippen LogP contribution in [-0.4, -0.2) is 19.9 Å². The number of pyridine rings is 4. The maximum atomic E-state index is 5.00. The summed E-state index contributed by atoms with van der Waals surface area (Å²) in [6, 6.07) is 74.6. The van der Waals surface area contributed by atoms with Crippen LogP contribution in [0.2, 0.25) is 0 Å². The van der Waals surface area contributed by atoms with E-state index in [4.69, 9.17) is 9.97 Å². The van der Waals surface area contributed by atoms with Gasteiger partial charge in [0.15, 0.2) is 0 Å². The molecule has 0 aliphatic heterocycles. The van der Waals surface area contributed by atoms with Crippen molar-refractivity contribution in [2.24, 2.45) is 0 Å². The van der Waals surface area contributed by atoms with Crippen LogP contribution in [0.5, 0.6) is 0 Å². The summed E-state index contributed by atoms with van der Waals surface area (Å²) in [5.41, 5.74) is 20.8. The first-order chi connectivity index (χ1) is 30.5. The van der Waals surface area contributed by atoms with Crippen molar-refractivity contribution in [3.63, 3.8) is 0 Å². The quantitative estimate of drug-likeness (QED) is 0.137. The number of benzene rings is 6. The Balaban J connectivity index is 0.863. The molecule has 4 heteroatoms. The van der Waals surface area contributed by atoms with Crippen molar-refractivity contribution in [3.8, 4) is 101 Å². The maximum absolute atomic E-state index is 5.00. The Morgan fingerprint density at radius 3 is 0.887 bits per heavy atom. The molecule has 0 radical (unpaired) electrons. The third-order valence-corrected chi connectivity index (χ3v) is 11.2. The first kappa shape index (κ1) is 38.1. The Kier molecular flexibility index (Phi) is 10.4. The van der Waals surface area contributed by atoms with E-state index in [1.807, 2.05) is 60.9 Å². The van der Waals surface area contributed by atoms with E-state index < -0.39 is 0 Å². The van der Waals surface area contributed by atoms with Crippen molar-refractivity contribution >= 4 is 0 Å². The zero-order valence-corrected chi connectivity index (χ0v) is 34.4. The molecule has 0 saturated heterocycles. The van der Waals surface area contributed by atoms with Crippen molar-refractivity contribution in [3.05, 3.63) is 230 Å². The van der Waals surface area contributed by atoms with Crippen molar-refractivity contribution in [2.45, 2.75) is 13.8 Å². The smallest absolute Gasteiger partial charge is 0.0876 e. The van der Waals surface area contributed by atoms with Gasteiger partial charge < -0.3 is 0 Å². The second-order valence-corrected chi connectivity index (χ2v) is 15.6. The van der Waals surface area contributed by atoms with Gasteiger partial charge in [-0.05, 0) is 103 Å². The average Bonchev–Trinajstić information content (AvgIpc) is 3.34. The van der Waals surface area contributed by atoms with E-state index in [1.54, 1.807) is 0 Å². The predicted molar refractivity (Wildman–Crippen MR) is 254 cm³/mol. The van der Waals surface area contributed by atoms with Crippen molar-refractivity contribution < 1.29 is 0 Å². The van der Waals surface area contributed by atoms with Gasteiger partial charge in [0.1, 0.15) is 0 Å².